The number of carbonyl (C=O) groups is 1. The Morgan fingerprint density at radius 2 is 1.88 bits per heavy atom. The SMILES string of the molecule is COc1ccc(N2CCN(Cc3cccc(F)c3C)[C@@H](C)C2=O)cc1. The zero-order valence-corrected chi connectivity index (χ0v) is 14.8. The lowest BCUT2D eigenvalue weighted by atomic mass is 10.1. The van der Waals surface area contributed by atoms with Crippen LogP contribution < -0.4 is 9.64 Å². The van der Waals surface area contributed by atoms with Gasteiger partial charge < -0.3 is 9.64 Å². The predicted octanol–water partition coefficient (Wildman–Crippen LogP) is 3.38. The van der Waals surface area contributed by atoms with Crippen molar-refractivity contribution in [2.24, 2.45) is 0 Å². The van der Waals surface area contributed by atoms with E-state index in [-0.39, 0.29) is 17.8 Å². The van der Waals surface area contributed by atoms with Crippen LogP contribution in [0.2, 0.25) is 0 Å². The Labute approximate surface area is 147 Å². The van der Waals surface area contributed by atoms with Crippen molar-refractivity contribution < 1.29 is 13.9 Å². The molecule has 0 aliphatic carbocycles. The molecule has 0 spiro atoms. The second kappa shape index (κ2) is 7.23. The van der Waals surface area contributed by atoms with E-state index in [1.54, 1.807) is 25.0 Å². The zero-order valence-electron chi connectivity index (χ0n) is 14.8. The molecule has 4 nitrogen and oxygen atoms in total. The maximum absolute atomic E-state index is 13.7. The molecule has 1 atom stereocenters. The average molecular weight is 342 g/mol. The first-order valence-electron chi connectivity index (χ1n) is 8.44. The first-order chi connectivity index (χ1) is 12.0. The van der Waals surface area contributed by atoms with E-state index in [1.807, 2.05) is 37.3 Å². The lowest BCUT2D eigenvalue weighted by Gasteiger charge is -2.39. The highest BCUT2D eigenvalue weighted by Gasteiger charge is 2.32. The predicted molar refractivity (Wildman–Crippen MR) is 96.4 cm³/mol. The highest BCUT2D eigenvalue weighted by atomic mass is 19.1. The van der Waals surface area contributed by atoms with Crippen LogP contribution >= 0.6 is 0 Å². The van der Waals surface area contributed by atoms with Crippen molar-refractivity contribution >= 4 is 11.6 Å². The number of piperazine rings is 1. The first-order valence-corrected chi connectivity index (χ1v) is 8.44. The van der Waals surface area contributed by atoms with Gasteiger partial charge in [0.05, 0.1) is 13.2 Å². The Morgan fingerprint density at radius 1 is 1.16 bits per heavy atom. The van der Waals surface area contributed by atoms with Crippen LogP contribution in [0.15, 0.2) is 42.5 Å². The number of rotatable bonds is 4. The van der Waals surface area contributed by atoms with E-state index >= 15 is 0 Å². The summed E-state index contributed by atoms with van der Waals surface area (Å²) in [5.74, 6) is 0.628. The largest absolute Gasteiger partial charge is 0.497 e. The Morgan fingerprint density at radius 3 is 2.56 bits per heavy atom. The van der Waals surface area contributed by atoms with Crippen LogP contribution in [0.25, 0.3) is 0 Å². The molecular weight excluding hydrogens is 319 g/mol. The molecule has 1 fully saturated rings. The number of hydrogen-bond acceptors (Lipinski definition) is 3. The molecule has 0 radical (unpaired) electrons. The van der Waals surface area contributed by atoms with Crippen molar-refractivity contribution in [1.29, 1.82) is 0 Å². The number of carbonyl (C=O) groups excluding carboxylic acids is 1. The van der Waals surface area contributed by atoms with Crippen molar-refractivity contribution in [3.8, 4) is 5.75 Å². The zero-order chi connectivity index (χ0) is 18.0. The van der Waals surface area contributed by atoms with Gasteiger partial charge in [-0.3, -0.25) is 9.69 Å². The summed E-state index contributed by atoms with van der Waals surface area (Å²) in [5, 5.41) is 0. The summed E-state index contributed by atoms with van der Waals surface area (Å²) in [6.45, 7) is 5.63. The third-order valence-corrected chi connectivity index (χ3v) is 4.92. The molecule has 132 valence electrons. The molecule has 2 aromatic rings. The standard InChI is InChI=1S/C20H23FN2O2/c1-14-16(5-4-6-19(14)21)13-22-11-12-23(20(24)15(22)2)17-7-9-18(25-3)10-8-17/h4-10,15H,11-13H2,1-3H3/t15-/m0/s1. The second-order valence-electron chi connectivity index (χ2n) is 6.36. The van der Waals surface area contributed by atoms with E-state index in [1.165, 1.54) is 6.07 Å². The minimum absolute atomic E-state index is 0.0606. The number of methoxy groups -OCH3 is 1. The molecule has 25 heavy (non-hydrogen) atoms. The molecule has 1 saturated heterocycles. The van der Waals surface area contributed by atoms with E-state index in [4.69, 9.17) is 4.74 Å². The fraction of sp³-hybridized carbons (Fsp3) is 0.350. The summed E-state index contributed by atoms with van der Waals surface area (Å²) in [6.07, 6.45) is 0. The van der Waals surface area contributed by atoms with Gasteiger partial charge in [0.1, 0.15) is 11.6 Å². The van der Waals surface area contributed by atoms with Crippen molar-refractivity contribution in [3.05, 3.63) is 59.4 Å². The van der Waals surface area contributed by atoms with Gasteiger partial charge in [-0.05, 0) is 55.3 Å². The van der Waals surface area contributed by atoms with Gasteiger partial charge in [-0.2, -0.15) is 0 Å². The lowest BCUT2D eigenvalue weighted by molar-refractivity contribution is -0.125. The van der Waals surface area contributed by atoms with Gasteiger partial charge in [-0.25, -0.2) is 4.39 Å². The molecule has 0 saturated carbocycles. The van der Waals surface area contributed by atoms with E-state index in [2.05, 4.69) is 4.90 Å². The molecule has 0 bridgehead atoms. The first kappa shape index (κ1) is 17.4. The van der Waals surface area contributed by atoms with Crippen molar-refractivity contribution in [3.63, 3.8) is 0 Å². The molecule has 2 aromatic carbocycles. The molecule has 1 aliphatic heterocycles. The van der Waals surface area contributed by atoms with Gasteiger partial charge >= 0.3 is 0 Å². The lowest BCUT2D eigenvalue weighted by Crippen LogP contribution is -2.55. The second-order valence-corrected chi connectivity index (χ2v) is 6.36. The Bertz CT molecular complexity index is 761. The van der Waals surface area contributed by atoms with Gasteiger partial charge in [0, 0.05) is 25.3 Å². The van der Waals surface area contributed by atoms with Crippen LogP contribution in [0.3, 0.4) is 0 Å². The Balaban J connectivity index is 1.73. The van der Waals surface area contributed by atoms with Gasteiger partial charge in [0.25, 0.3) is 0 Å². The third-order valence-electron chi connectivity index (χ3n) is 4.92. The van der Waals surface area contributed by atoms with Crippen LogP contribution in [0, 0.1) is 12.7 Å². The van der Waals surface area contributed by atoms with Gasteiger partial charge in [0.2, 0.25) is 5.91 Å². The third kappa shape index (κ3) is 3.51. The fourth-order valence-electron chi connectivity index (χ4n) is 3.19. The summed E-state index contributed by atoms with van der Waals surface area (Å²) < 4.78 is 18.9. The van der Waals surface area contributed by atoms with Crippen molar-refractivity contribution in [2.45, 2.75) is 26.4 Å². The highest BCUT2D eigenvalue weighted by Crippen LogP contribution is 2.24. The Kier molecular flexibility index (Phi) is 5.04. The monoisotopic (exact) mass is 342 g/mol. The van der Waals surface area contributed by atoms with Crippen LogP contribution in [0.5, 0.6) is 5.75 Å². The number of nitrogens with zero attached hydrogens (tertiary/aromatic N) is 2. The summed E-state index contributed by atoms with van der Waals surface area (Å²) in [7, 11) is 1.62. The topological polar surface area (TPSA) is 32.8 Å². The van der Waals surface area contributed by atoms with E-state index in [0.29, 0.717) is 18.7 Å². The molecule has 3 rings (SSSR count). The van der Waals surface area contributed by atoms with Gasteiger partial charge in [-0.1, -0.05) is 12.1 Å². The maximum Gasteiger partial charge on any atom is 0.244 e. The van der Waals surface area contributed by atoms with E-state index in [0.717, 1.165) is 23.5 Å². The number of ether oxygens (including phenoxy) is 1. The summed E-state index contributed by atoms with van der Waals surface area (Å²) >= 11 is 0. The molecule has 1 heterocycles. The van der Waals surface area contributed by atoms with Crippen LogP contribution in [-0.4, -0.2) is 37.0 Å². The van der Waals surface area contributed by atoms with Gasteiger partial charge in [0.15, 0.2) is 0 Å². The van der Waals surface area contributed by atoms with Crippen LogP contribution in [0.1, 0.15) is 18.1 Å². The van der Waals surface area contributed by atoms with Crippen molar-refractivity contribution in [1.82, 2.24) is 4.90 Å². The van der Waals surface area contributed by atoms with Crippen LogP contribution in [0.4, 0.5) is 10.1 Å². The number of hydrogen-bond donors (Lipinski definition) is 0. The molecule has 0 unspecified atom stereocenters. The van der Waals surface area contributed by atoms with Gasteiger partial charge in [-0.15, -0.1) is 0 Å². The minimum atomic E-state index is -0.251. The maximum atomic E-state index is 13.7. The molecular formula is C20H23FN2O2. The summed E-state index contributed by atoms with van der Waals surface area (Å²) in [5.41, 5.74) is 2.46. The molecule has 1 amide bonds. The molecule has 1 aliphatic rings. The average Bonchev–Trinajstić information content (AvgIpc) is 2.63. The smallest absolute Gasteiger partial charge is 0.244 e. The van der Waals surface area contributed by atoms with Crippen molar-refractivity contribution in [2.75, 3.05) is 25.1 Å². The normalized spacial score (nSPS) is 18.5. The summed E-state index contributed by atoms with van der Waals surface area (Å²) in [6, 6.07) is 12.4. The number of anilines is 1. The highest BCUT2D eigenvalue weighted by molar-refractivity contribution is 5.97. The number of amides is 1. The minimum Gasteiger partial charge on any atom is -0.497 e. The van der Waals surface area contributed by atoms with Crippen LogP contribution in [-0.2, 0) is 11.3 Å². The fourth-order valence-corrected chi connectivity index (χ4v) is 3.19. The Hall–Kier alpha value is -2.40. The molecule has 0 aromatic heterocycles. The van der Waals surface area contributed by atoms with E-state index in [9.17, 15) is 9.18 Å². The number of benzene rings is 2. The molecule has 5 heteroatoms. The summed E-state index contributed by atoms with van der Waals surface area (Å²) in [4.78, 5) is 16.7. The molecule has 0 N–H and O–H groups in total. The quantitative estimate of drug-likeness (QED) is 0.854. The number of halogens is 1. The van der Waals surface area contributed by atoms with E-state index < -0.39 is 0 Å².